The summed E-state index contributed by atoms with van der Waals surface area (Å²) in [5, 5.41) is 15.5. The van der Waals surface area contributed by atoms with Gasteiger partial charge < -0.3 is 4.57 Å². The van der Waals surface area contributed by atoms with E-state index in [-0.39, 0.29) is 0 Å². The summed E-state index contributed by atoms with van der Waals surface area (Å²) >= 11 is 0. The van der Waals surface area contributed by atoms with Gasteiger partial charge in [0.25, 0.3) is 0 Å². The molecule has 3 rings (SSSR count). The Morgan fingerprint density at radius 3 is 1.78 bits per heavy atom. The van der Waals surface area contributed by atoms with Crippen molar-refractivity contribution >= 4 is 28.6 Å². The smallest absolute Gasteiger partial charge is 0.164 e. The van der Waals surface area contributed by atoms with E-state index < -0.39 is 18.0 Å². The van der Waals surface area contributed by atoms with Crippen LogP contribution in [0.2, 0.25) is 0 Å². The molecule has 0 radical (unpaired) electrons. The summed E-state index contributed by atoms with van der Waals surface area (Å²) < 4.78 is 13.9. The largest absolute Gasteiger partial charge is 0.309 e. The summed E-state index contributed by atoms with van der Waals surface area (Å²) in [5.74, 6) is 2.56. The highest BCUT2D eigenvalue weighted by Gasteiger charge is 2.23. The summed E-state index contributed by atoms with van der Waals surface area (Å²) in [4.78, 5) is 0. The highest BCUT2D eigenvalue weighted by atomic mass is 32.2. The molecule has 0 saturated heterocycles. The third-order valence-electron chi connectivity index (χ3n) is 4.35. The average molecular weight is 391 g/mol. The van der Waals surface area contributed by atoms with Crippen molar-refractivity contribution in [2.45, 2.75) is 6.42 Å². The van der Waals surface area contributed by atoms with Crippen molar-refractivity contribution in [3.63, 3.8) is 0 Å². The fraction of sp³-hybridized carbons (Fsp3) is 0.0870. The first kappa shape index (κ1) is 19.2. The Morgan fingerprint density at radius 1 is 0.815 bits per heavy atom. The van der Waals surface area contributed by atoms with Crippen LogP contribution in [0.4, 0.5) is 0 Å². The Kier molecular flexibility index (Phi) is 6.71. The monoisotopic (exact) mass is 391 g/mol. The van der Waals surface area contributed by atoms with Crippen LogP contribution in [0.1, 0.15) is 5.56 Å². The summed E-state index contributed by atoms with van der Waals surface area (Å²) in [6.45, 7) is 0. The average Bonchev–Trinajstić information content (AvgIpc) is 2.75. The van der Waals surface area contributed by atoms with E-state index in [2.05, 4.69) is 17.5 Å². The van der Waals surface area contributed by atoms with Crippen molar-refractivity contribution in [3.05, 3.63) is 108 Å². The van der Waals surface area contributed by atoms with E-state index in [0.717, 1.165) is 22.8 Å². The van der Waals surface area contributed by atoms with Gasteiger partial charge in [-0.25, -0.2) is 0 Å². The van der Waals surface area contributed by atoms with Gasteiger partial charge in [-0.2, -0.15) is 5.26 Å². The van der Waals surface area contributed by atoms with Crippen LogP contribution in [0.25, 0.3) is 0 Å². The minimum Gasteiger partial charge on any atom is -0.309 e. The molecule has 4 heteroatoms. The minimum absolute atomic E-state index is 0.774. The summed E-state index contributed by atoms with van der Waals surface area (Å²) in [7, 11) is -3.88. The van der Waals surface area contributed by atoms with Crippen LogP contribution >= 0.6 is 18.0 Å². The second kappa shape index (κ2) is 9.42. The number of hydrogen-bond acceptors (Lipinski definition) is 2. The van der Waals surface area contributed by atoms with Crippen molar-refractivity contribution in [1.29, 1.82) is 5.26 Å². The van der Waals surface area contributed by atoms with Gasteiger partial charge in [0, 0.05) is 10.6 Å². The van der Waals surface area contributed by atoms with E-state index in [1.54, 1.807) is 5.82 Å². The molecule has 136 valence electrons. The molecular formula is C23H22NOPS. The van der Waals surface area contributed by atoms with Gasteiger partial charge in [0.1, 0.15) is 5.40 Å². The number of nitriles is 1. The molecule has 0 heterocycles. The SMILES string of the molecule is N#C[SH](C=CP(=O)(c1ccccc1)c1ccccc1)CCc1ccccc1. The van der Waals surface area contributed by atoms with Gasteiger partial charge in [-0.05, 0) is 29.0 Å². The molecule has 0 saturated carbocycles. The van der Waals surface area contributed by atoms with Crippen LogP contribution in [0.3, 0.4) is 0 Å². The first-order valence-corrected chi connectivity index (χ1v) is 12.2. The first-order valence-electron chi connectivity index (χ1n) is 8.83. The summed E-state index contributed by atoms with van der Waals surface area (Å²) in [6, 6.07) is 29.2. The zero-order chi connectivity index (χ0) is 19.0. The van der Waals surface area contributed by atoms with Gasteiger partial charge in [0.15, 0.2) is 7.14 Å². The van der Waals surface area contributed by atoms with E-state index in [4.69, 9.17) is 0 Å². The van der Waals surface area contributed by atoms with Gasteiger partial charge in [0.2, 0.25) is 0 Å². The molecule has 0 aliphatic carbocycles. The lowest BCUT2D eigenvalue weighted by molar-refractivity contribution is 0.592. The molecule has 0 aliphatic heterocycles. The van der Waals surface area contributed by atoms with Crippen LogP contribution in [0, 0.1) is 10.7 Å². The lowest BCUT2D eigenvalue weighted by Crippen LogP contribution is -2.13. The Morgan fingerprint density at radius 2 is 1.30 bits per heavy atom. The minimum atomic E-state index is -2.90. The van der Waals surface area contributed by atoms with Crippen LogP contribution < -0.4 is 10.6 Å². The van der Waals surface area contributed by atoms with E-state index in [1.165, 1.54) is 5.56 Å². The summed E-state index contributed by atoms with van der Waals surface area (Å²) in [6.07, 6.45) is 0.853. The van der Waals surface area contributed by atoms with Gasteiger partial charge in [-0.15, -0.1) is 10.9 Å². The highest BCUT2D eigenvalue weighted by Crippen LogP contribution is 2.46. The molecule has 1 unspecified atom stereocenters. The molecule has 3 aromatic carbocycles. The Labute approximate surface area is 163 Å². The molecule has 0 aromatic heterocycles. The maximum absolute atomic E-state index is 13.9. The van der Waals surface area contributed by atoms with Crippen molar-refractivity contribution in [3.8, 4) is 5.40 Å². The molecule has 0 aliphatic rings. The van der Waals surface area contributed by atoms with E-state index in [1.807, 2.05) is 84.3 Å². The Balaban J connectivity index is 1.85. The van der Waals surface area contributed by atoms with E-state index in [0.29, 0.717) is 0 Å². The number of nitrogens with zero attached hydrogens (tertiary/aromatic N) is 1. The van der Waals surface area contributed by atoms with Crippen LogP contribution in [-0.4, -0.2) is 5.75 Å². The topological polar surface area (TPSA) is 40.9 Å². The number of hydrogen-bond donors (Lipinski definition) is 1. The maximum Gasteiger partial charge on any atom is 0.164 e. The molecule has 2 nitrogen and oxygen atoms in total. The molecule has 0 spiro atoms. The second-order valence-electron chi connectivity index (χ2n) is 6.16. The van der Waals surface area contributed by atoms with E-state index >= 15 is 0 Å². The number of thiocyanates is 1. The lowest BCUT2D eigenvalue weighted by atomic mass is 10.2. The number of aryl methyl sites for hydroxylation is 1. The van der Waals surface area contributed by atoms with Crippen LogP contribution in [0.5, 0.6) is 0 Å². The molecule has 0 N–H and O–H groups in total. The second-order valence-corrected chi connectivity index (χ2v) is 10.7. The maximum atomic E-state index is 13.9. The lowest BCUT2D eigenvalue weighted by Gasteiger charge is -2.16. The first-order chi connectivity index (χ1) is 13.2. The normalized spacial score (nSPS) is 13.2. The molecule has 0 amide bonds. The van der Waals surface area contributed by atoms with Gasteiger partial charge >= 0.3 is 0 Å². The predicted molar refractivity (Wildman–Crippen MR) is 119 cm³/mol. The fourth-order valence-electron chi connectivity index (χ4n) is 2.85. The van der Waals surface area contributed by atoms with Crippen molar-refractivity contribution in [2.75, 3.05) is 5.75 Å². The number of thiol groups is 1. The Hall–Kier alpha value is -2.53. The van der Waals surface area contributed by atoms with Crippen molar-refractivity contribution < 1.29 is 4.57 Å². The van der Waals surface area contributed by atoms with Crippen LogP contribution in [0.15, 0.2) is 102 Å². The zero-order valence-electron chi connectivity index (χ0n) is 15.0. The van der Waals surface area contributed by atoms with Crippen LogP contribution in [-0.2, 0) is 11.0 Å². The molecule has 0 bridgehead atoms. The number of benzene rings is 3. The molecule has 0 fully saturated rings. The van der Waals surface area contributed by atoms with Crippen molar-refractivity contribution in [2.24, 2.45) is 0 Å². The van der Waals surface area contributed by atoms with Gasteiger partial charge in [-0.1, -0.05) is 91.0 Å². The third-order valence-corrected chi connectivity index (χ3v) is 8.75. The standard InChI is InChI=1S/C23H22NOPS/c24-20-27(18-16-21-10-4-1-5-11-21)19-17-26(25,22-12-6-2-7-13-22)23-14-8-3-9-15-23/h1-15,17,19,27H,16,18H2. The molecule has 1 atom stereocenters. The number of rotatable bonds is 7. The molecule has 27 heavy (non-hydrogen) atoms. The predicted octanol–water partition coefficient (Wildman–Crippen LogP) is 5.20. The Bertz CT molecular complexity index is 922. The van der Waals surface area contributed by atoms with Gasteiger partial charge in [-0.3, -0.25) is 0 Å². The van der Waals surface area contributed by atoms with Gasteiger partial charge in [0.05, 0.1) is 0 Å². The third kappa shape index (κ3) is 5.01. The highest BCUT2D eigenvalue weighted by molar-refractivity contribution is 8.23. The quantitative estimate of drug-likeness (QED) is 0.342. The fourth-order valence-corrected chi connectivity index (χ4v) is 6.93. The summed E-state index contributed by atoms with van der Waals surface area (Å²) in [5.41, 5.74) is 1.22. The molecular weight excluding hydrogens is 369 g/mol. The van der Waals surface area contributed by atoms with E-state index in [9.17, 15) is 9.83 Å². The molecule has 3 aromatic rings. The zero-order valence-corrected chi connectivity index (χ0v) is 16.8. The van der Waals surface area contributed by atoms with Crippen molar-refractivity contribution in [1.82, 2.24) is 0 Å².